The van der Waals surface area contributed by atoms with Gasteiger partial charge in [0.2, 0.25) is 0 Å². The molecule has 1 nitrogen and oxygen atoms in total. The molecule has 3 rings (SSSR count). The van der Waals surface area contributed by atoms with E-state index in [-0.39, 0.29) is 5.41 Å². The summed E-state index contributed by atoms with van der Waals surface area (Å²) >= 11 is 0. The average molecular weight is 279 g/mol. The highest BCUT2D eigenvalue weighted by atomic mass is 15.1. The fourth-order valence-electron chi connectivity index (χ4n) is 3.89. The van der Waals surface area contributed by atoms with Gasteiger partial charge in [0.1, 0.15) is 0 Å². The zero-order chi connectivity index (χ0) is 15.0. The molecule has 0 saturated carbocycles. The molecule has 0 amide bonds. The topological polar surface area (TPSA) is 3.24 Å². The maximum absolute atomic E-state index is 4.03. The van der Waals surface area contributed by atoms with E-state index in [1.165, 1.54) is 53.9 Å². The van der Waals surface area contributed by atoms with Crippen molar-refractivity contribution in [3.8, 4) is 0 Å². The van der Waals surface area contributed by atoms with Crippen LogP contribution < -0.4 is 4.90 Å². The van der Waals surface area contributed by atoms with E-state index in [1.807, 2.05) is 12.2 Å². The molecule has 0 bridgehead atoms. The summed E-state index contributed by atoms with van der Waals surface area (Å²) in [5, 5.41) is 0. The summed E-state index contributed by atoms with van der Waals surface area (Å²) in [5.41, 5.74) is 6.91. The molecule has 0 N–H and O–H groups in total. The normalized spacial score (nSPS) is 20.4. The van der Waals surface area contributed by atoms with Crippen LogP contribution in [0.1, 0.15) is 37.8 Å². The van der Waals surface area contributed by atoms with Crippen molar-refractivity contribution in [1.29, 1.82) is 0 Å². The van der Waals surface area contributed by atoms with E-state index in [4.69, 9.17) is 0 Å². The quantitative estimate of drug-likeness (QED) is 0.769. The Labute approximate surface area is 128 Å². The standard InChI is InChI=1S/C20H25N/c1-5-15-13-16-9-10-17(21-11-7-8-12-21)14-19(16)20(3,4)18(15)6-2/h5-6,9-10,14H,1-2,7-8,11-13H2,3-4H3. The first-order chi connectivity index (χ1) is 10.1. The highest BCUT2D eigenvalue weighted by Gasteiger charge is 2.32. The monoisotopic (exact) mass is 279 g/mol. The first-order valence-electron chi connectivity index (χ1n) is 7.95. The molecule has 0 atom stereocenters. The molecule has 1 heteroatoms. The van der Waals surface area contributed by atoms with Crippen LogP contribution in [0, 0.1) is 0 Å². The fraction of sp³-hybridized carbons (Fsp3) is 0.400. The average Bonchev–Trinajstić information content (AvgIpc) is 3.00. The molecule has 0 radical (unpaired) electrons. The van der Waals surface area contributed by atoms with Crippen molar-refractivity contribution in [2.45, 2.75) is 38.5 Å². The van der Waals surface area contributed by atoms with Crippen LogP contribution in [0.15, 0.2) is 54.7 Å². The van der Waals surface area contributed by atoms with Gasteiger partial charge in [-0.2, -0.15) is 0 Å². The van der Waals surface area contributed by atoms with Crippen LogP contribution in [0.4, 0.5) is 5.69 Å². The molecular weight excluding hydrogens is 254 g/mol. The zero-order valence-corrected chi connectivity index (χ0v) is 13.3. The number of rotatable bonds is 3. The maximum atomic E-state index is 4.03. The molecule has 0 aromatic heterocycles. The van der Waals surface area contributed by atoms with Gasteiger partial charge in [0.15, 0.2) is 0 Å². The van der Waals surface area contributed by atoms with E-state index in [1.54, 1.807) is 0 Å². The number of nitrogens with zero attached hydrogens (tertiary/aromatic N) is 1. The van der Waals surface area contributed by atoms with Crippen LogP contribution in [0.3, 0.4) is 0 Å². The van der Waals surface area contributed by atoms with Crippen molar-refractivity contribution >= 4 is 5.69 Å². The van der Waals surface area contributed by atoms with E-state index in [2.05, 4.69) is 50.1 Å². The number of hydrogen-bond acceptors (Lipinski definition) is 1. The lowest BCUT2D eigenvalue weighted by atomic mass is 9.68. The molecule has 2 aliphatic rings. The minimum Gasteiger partial charge on any atom is -0.372 e. The molecule has 1 aromatic rings. The Morgan fingerprint density at radius 1 is 1.10 bits per heavy atom. The second-order valence-electron chi connectivity index (χ2n) is 6.68. The molecule has 110 valence electrons. The van der Waals surface area contributed by atoms with E-state index in [9.17, 15) is 0 Å². The molecule has 1 aromatic carbocycles. The molecule has 1 fully saturated rings. The van der Waals surface area contributed by atoms with Gasteiger partial charge in [0.05, 0.1) is 0 Å². The number of allylic oxidation sites excluding steroid dienone is 4. The summed E-state index contributed by atoms with van der Waals surface area (Å²) in [4.78, 5) is 2.51. The van der Waals surface area contributed by atoms with E-state index < -0.39 is 0 Å². The van der Waals surface area contributed by atoms with Crippen molar-refractivity contribution in [2.75, 3.05) is 18.0 Å². The van der Waals surface area contributed by atoms with Crippen LogP contribution in [-0.4, -0.2) is 13.1 Å². The van der Waals surface area contributed by atoms with Gasteiger partial charge in [-0.3, -0.25) is 0 Å². The van der Waals surface area contributed by atoms with Crippen LogP contribution >= 0.6 is 0 Å². The SMILES string of the molecule is C=CC1=C(C=C)C(C)(C)c2cc(N3CCCC3)ccc2C1. The Bertz CT molecular complexity index is 613. The third-order valence-electron chi connectivity index (χ3n) is 5.09. The highest BCUT2D eigenvalue weighted by molar-refractivity contribution is 5.60. The van der Waals surface area contributed by atoms with Crippen molar-refractivity contribution in [2.24, 2.45) is 0 Å². The molecular formula is C20H25N. The Morgan fingerprint density at radius 2 is 1.81 bits per heavy atom. The Balaban J connectivity index is 2.08. The smallest absolute Gasteiger partial charge is 0.0369 e. The number of anilines is 1. The van der Waals surface area contributed by atoms with Gasteiger partial charge in [0.25, 0.3) is 0 Å². The van der Waals surface area contributed by atoms with Crippen molar-refractivity contribution in [3.63, 3.8) is 0 Å². The van der Waals surface area contributed by atoms with Gasteiger partial charge >= 0.3 is 0 Å². The highest BCUT2D eigenvalue weighted by Crippen LogP contribution is 2.43. The molecule has 1 aliphatic heterocycles. The molecule has 1 saturated heterocycles. The molecule has 1 aliphatic carbocycles. The molecule has 0 unspecified atom stereocenters. The van der Waals surface area contributed by atoms with Crippen LogP contribution in [0.5, 0.6) is 0 Å². The van der Waals surface area contributed by atoms with Gasteiger partial charge in [0, 0.05) is 24.2 Å². The number of hydrogen-bond donors (Lipinski definition) is 0. The molecule has 1 heterocycles. The van der Waals surface area contributed by atoms with Crippen LogP contribution in [-0.2, 0) is 11.8 Å². The summed E-state index contributed by atoms with van der Waals surface area (Å²) in [5.74, 6) is 0. The van der Waals surface area contributed by atoms with Gasteiger partial charge in [-0.1, -0.05) is 45.2 Å². The predicted octanol–water partition coefficient (Wildman–Crippen LogP) is 4.79. The Hall–Kier alpha value is -1.76. The van der Waals surface area contributed by atoms with Crippen LogP contribution in [0.2, 0.25) is 0 Å². The van der Waals surface area contributed by atoms with Crippen LogP contribution in [0.25, 0.3) is 0 Å². The zero-order valence-electron chi connectivity index (χ0n) is 13.3. The van der Waals surface area contributed by atoms with E-state index in [0.717, 1.165) is 6.42 Å². The summed E-state index contributed by atoms with van der Waals surface area (Å²) in [6.45, 7) is 15.0. The number of fused-ring (bicyclic) bond motifs is 1. The Kier molecular flexibility index (Phi) is 3.52. The minimum atomic E-state index is 0.00852. The Morgan fingerprint density at radius 3 is 2.43 bits per heavy atom. The largest absolute Gasteiger partial charge is 0.372 e. The molecule has 21 heavy (non-hydrogen) atoms. The lowest BCUT2D eigenvalue weighted by Crippen LogP contribution is -2.28. The van der Waals surface area contributed by atoms with E-state index >= 15 is 0 Å². The second kappa shape index (κ2) is 5.22. The summed E-state index contributed by atoms with van der Waals surface area (Å²) in [6, 6.07) is 7.01. The van der Waals surface area contributed by atoms with Gasteiger partial charge in [-0.15, -0.1) is 0 Å². The summed E-state index contributed by atoms with van der Waals surface area (Å²) in [6.07, 6.45) is 7.63. The first kappa shape index (κ1) is 14.2. The van der Waals surface area contributed by atoms with Gasteiger partial charge in [-0.05, 0) is 53.7 Å². The predicted molar refractivity (Wildman–Crippen MR) is 92.0 cm³/mol. The van der Waals surface area contributed by atoms with Crippen molar-refractivity contribution in [1.82, 2.24) is 0 Å². The van der Waals surface area contributed by atoms with Crippen molar-refractivity contribution in [3.05, 3.63) is 65.8 Å². The minimum absolute atomic E-state index is 0.00852. The number of benzene rings is 1. The second-order valence-corrected chi connectivity index (χ2v) is 6.68. The van der Waals surface area contributed by atoms with Gasteiger partial charge in [-0.25, -0.2) is 0 Å². The van der Waals surface area contributed by atoms with Gasteiger partial charge < -0.3 is 4.90 Å². The summed E-state index contributed by atoms with van der Waals surface area (Å²) in [7, 11) is 0. The first-order valence-corrected chi connectivity index (χ1v) is 7.95. The summed E-state index contributed by atoms with van der Waals surface area (Å²) < 4.78 is 0. The third kappa shape index (κ3) is 2.25. The maximum Gasteiger partial charge on any atom is 0.0369 e. The molecule has 0 spiro atoms. The third-order valence-corrected chi connectivity index (χ3v) is 5.09. The van der Waals surface area contributed by atoms with E-state index in [0.29, 0.717) is 0 Å². The van der Waals surface area contributed by atoms with Crippen molar-refractivity contribution < 1.29 is 0 Å². The lowest BCUT2D eigenvalue weighted by molar-refractivity contribution is 0.610. The fourth-order valence-corrected chi connectivity index (χ4v) is 3.89. The lowest BCUT2D eigenvalue weighted by Gasteiger charge is -2.36.